The molecule has 1 amide bonds. The average molecular weight is 447 g/mol. The maximum atomic E-state index is 12.9. The Bertz CT molecular complexity index is 1100. The van der Waals surface area contributed by atoms with Gasteiger partial charge < -0.3 is 10.2 Å². The van der Waals surface area contributed by atoms with E-state index < -0.39 is 0 Å². The summed E-state index contributed by atoms with van der Waals surface area (Å²) >= 11 is 0. The van der Waals surface area contributed by atoms with Crippen molar-refractivity contribution in [3.63, 3.8) is 0 Å². The lowest BCUT2D eigenvalue weighted by Crippen LogP contribution is -2.52. The Morgan fingerprint density at radius 2 is 1.88 bits per heavy atom. The van der Waals surface area contributed by atoms with Gasteiger partial charge in [-0.25, -0.2) is 4.98 Å². The monoisotopic (exact) mass is 446 g/mol. The van der Waals surface area contributed by atoms with Crippen LogP contribution < -0.4 is 5.32 Å². The Hall–Kier alpha value is -2.93. The number of fused-ring (bicyclic) bond motifs is 1. The van der Waals surface area contributed by atoms with Crippen LogP contribution in [0.3, 0.4) is 0 Å². The van der Waals surface area contributed by atoms with Crippen molar-refractivity contribution in [1.82, 2.24) is 24.2 Å². The lowest BCUT2D eigenvalue weighted by molar-refractivity contribution is -0.133. The number of carbonyl (C=O) groups is 1. The lowest BCUT2D eigenvalue weighted by atomic mass is 9.94. The van der Waals surface area contributed by atoms with Crippen molar-refractivity contribution in [3.8, 4) is 11.3 Å². The van der Waals surface area contributed by atoms with Crippen LogP contribution in [0.25, 0.3) is 16.9 Å². The first-order valence-corrected chi connectivity index (χ1v) is 12.3. The summed E-state index contributed by atoms with van der Waals surface area (Å²) in [5.41, 5.74) is 3.95. The van der Waals surface area contributed by atoms with Crippen LogP contribution in [0, 0.1) is 6.92 Å². The largest absolute Gasteiger partial charge is 0.369 e. The predicted octanol–water partition coefficient (Wildman–Crippen LogP) is 3.98. The van der Waals surface area contributed by atoms with Gasteiger partial charge in [-0.1, -0.05) is 43.5 Å². The fraction of sp³-hybridized carbons (Fsp3) is 0.500. The number of amides is 1. The molecule has 5 rings (SSSR count). The first-order chi connectivity index (χ1) is 16.2. The smallest absolute Gasteiger partial charge is 0.224 e. The quantitative estimate of drug-likeness (QED) is 0.620. The standard InChI is InChI=1S/C26H34N6O/c1-20-7-5-6-10-22(20)25-26(32-14-13-27-19-23(32)29-25)28-12-11-24(33)31-17-15-30(16-18-31)21-8-3-2-4-9-21/h5-7,10,13-14,19,21,28H,2-4,8-9,11-12,15-18H2,1H3. The third-order valence-electron chi connectivity index (χ3n) is 7.22. The molecule has 1 saturated carbocycles. The van der Waals surface area contributed by atoms with Crippen molar-refractivity contribution >= 4 is 17.4 Å². The first-order valence-electron chi connectivity index (χ1n) is 12.3. The first kappa shape index (κ1) is 21.9. The fourth-order valence-corrected chi connectivity index (χ4v) is 5.33. The van der Waals surface area contributed by atoms with Crippen molar-refractivity contribution in [2.75, 3.05) is 38.0 Å². The minimum absolute atomic E-state index is 0.235. The van der Waals surface area contributed by atoms with Gasteiger partial charge in [-0.15, -0.1) is 0 Å². The zero-order valence-corrected chi connectivity index (χ0v) is 19.5. The minimum Gasteiger partial charge on any atom is -0.369 e. The van der Waals surface area contributed by atoms with E-state index in [4.69, 9.17) is 4.98 Å². The van der Waals surface area contributed by atoms with Gasteiger partial charge in [0.25, 0.3) is 0 Å². The third kappa shape index (κ3) is 4.74. The molecule has 2 aromatic heterocycles. The second-order valence-electron chi connectivity index (χ2n) is 9.31. The van der Waals surface area contributed by atoms with E-state index >= 15 is 0 Å². The predicted molar refractivity (Wildman–Crippen MR) is 131 cm³/mol. The van der Waals surface area contributed by atoms with E-state index in [1.807, 2.05) is 27.6 Å². The normalized spacial score (nSPS) is 18.0. The summed E-state index contributed by atoms with van der Waals surface area (Å²) in [5, 5.41) is 3.51. The van der Waals surface area contributed by atoms with Gasteiger partial charge in [-0.05, 0) is 25.3 Å². The van der Waals surface area contributed by atoms with Gasteiger partial charge in [0.2, 0.25) is 5.91 Å². The third-order valence-corrected chi connectivity index (χ3v) is 7.22. The molecule has 174 valence electrons. The highest BCUT2D eigenvalue weighted by molar-refractivity contribution is 5.80. The number of anilines is 1. The molecular weight excluding hydrogens is 412 g/mol. The Labute approximate surface area is 195 Å². The molecule has 2 fully saturated rings. The fourth-order valence-electron chi connectivity index (χ4n) is 5.33. The maximum absolute atomic E-state index is 12.9. The number of rotatable bonds is 6. The Balaban J connectivity index is 1.21. The molecule has 1 N–H and O–H groups in total. The second-order valence-corrected chi connectivity index (χ2v) is 9.31. The van der Waals surface area contributed by atoms with Crippen LogP contribution in [0.1, 0.15) is 44.1 Å². The SMILES string of the molecule is Cc1ccccc1-c1nc2cnccn2c1NCCC(=O)N1CCN(C2CCCCC2)CC1. The van der Waals surface area contributed by atoms with Crippen LogP contribution in [0.15, 0.2) is 42.9 Å². The molecule has 0 spiro atoms. The molecule has 3 heterocycles. The van der Waals surface area contributed by atoms with Crippen LogP contribution in [0.2, 0.25) is 0 Å². The molecule has 0 unspecified atom stereocenters. The van der Waals surface area contributed by atoms with E-state index in [0.717, 1.165) is 54.9 Å². The summed E-state index contributed by atoms with van der Waals surface area (Å²) in [4.78, 5) is 26.6. The molecule has 7 nitrogen and oxygen atoms in total. The number of hydrogen-bond acceptors (Lipinski definition) is 5. The van der Waals surface area contributed by atoms with Gasteiger partial charge in [-0.2, -0.15) is 0 Å². The number of nitrogens with zero attached hydrogens (tertiary/aromatic N) is 5. The van der Waals surface area contributed by atoms with Gasteiger partial charge in [0.1, 0.15) is 11.5 Å². The summed E-state index contributed by atoms with van der Waals surface area (Å²) in [6.45, 7) is 6.41. The van der Waals surface area contributed by atoms with Gasteiger partial charge in [0, 0.05) is 63.1 Å². The summed E-state index contributed by atoms with van der Waals surface area (Å²) in [7, 11) is 0. The second kappa shape index (κ2) is 9.91. The Kier molecular flexibility index (Phi) is 6.58. The minimum atomic E-state index is 0.235. The van der Waals surface area contributed by atoms with Crippen LogP contribution in [-0.2, 0) is 4.79 Å². The molecule has 0 atom stereocenters. The van der Waals surface area contributed by atoms with Gasteiger partial charge >= 0.3 is 0 Å². The van der Waals surface area contributed by atoms with E-state index in [-0.39, 0.29) is 5.91 Å². The number of aryl methyl sites for hydroxylation is 1. The zero-order valence-electron chi connectivity index (χ0n) is 19.5. The van der Waals surface area contributed by atoms with E-state index in [0.29, 0.717) is 13.0 Å². The Morgan fingerprint density at radius 3 is 2.67 bits per heavy atom. The molecule has 7 heteroatoms. The summed E-state index contributed by atoms with van der Waals surface area (Å²) < 4.78 is 2.02. The number of piperazine rings is 1. The number of imidazole rings is 1. The zero-order chi connectivity index (χ0) is 22.6. The lowest BCUT2D eigenvalue weighted by Gasteiger charge is -2.40. The molecular formula is C26H34N6O. The van der Waals surface area contributed by atoms with Crippen molar-refractivity contribution in [1.29, 1.82) is 0 Å². The van der Waals surface area contributed by atoms with E-state index in [1.165, 1.54) is 37.7 Å². The molecule has 0 bridgehead atoms. The number of benzene rings is 1. The van der Waals surface area contributed by atoms with Crippen LogP contribution in [0.4, 0.5) is 5.82 Å². The molecule has 2 aliphatic rings. The summed E-state index contributed by atoms with van der Waals surface area (Å²) in [6, 6.07) is 8.99. The van der Waals surface area contributed by atoms with E-state index in [2.05, 4.69) is 34.3 Å². The highest BCUT2D eigenvalue weighted by Gasteiger charge is 2.27. The highest BCUT2D eigenvalue weighted by atomic mass is 16.2. The molecule has 1 aliphatic carbocycles. The van der Waals surface area contributed by atoms with Crippen LogP contribution in [-0.4, -0.2) is 68.8 Å². The van der Waals surface area contributed by atoms with Crippen molar-refractivity contribution in [2.45, 2.75) is 51.5 Å². The van der Waals surface area contributed by atoms with E-state index in [1.54, 1.807) is 12.4 Å². The average Bonchev–Trinajstić information content (AvgIpc) is 3.23. The molecule has 3 aromatic rings. The molecule has 0 radical (unpaired) electrons. The molecule has 33 heavy (non-hydrogen) atoms. The highest BCUT2D eigenvalue weighted by Crippen LogP contribution is 2.30. The topological polar surface area (TPSA) is 65.8 Å². The number of nitrogens with one attached hydrogen (secondary N) is 1. The number of hydrogen-bond donors (Lipinski definition) is 1. The van der Waals surface area contributed by atoms with Crippen molar-refractivity contribution in [2.24, 2.45) is 0 Å². The molecule has 1 aliphatic heterocycles. The summed E-state index contributed by atoms with van der Waals surface area (Å²) in [5.74, 6) is 1.15. The number of aromatic nitrogens is 3. The van der Waals surface area contributed by atoms with Crippen LogP contribution >= 0.6 is 0 Å². The van der Waals surface area contributed by atoms with Gasteiger partial charge in [-0.3, -0.25) is 19.1 Å². The van der Waals surface area contributed by atoms with Gasteiger partial charge in [0.15, 0.2) is 5.65 Å². The maximum Gasteiger partial charge on any atom is 0.224 e. The van der Waals surface area contributed by atoms with Crippen molar-refractivity contribution < 1.29 is 4.79 Å². The summed E-state index contributed by atoms with van der Waals surface area (Å²) in [6.07, 6.45) is 12.7. The molecule has 1 aromatic carbocycles. The van der Waals surface area contributed by atoms with Crippen LogP contribution in [0.5, 0.6) is 0 Å². The molecule has 1 saturated heterocycles. The number of carbonyl (C=O) groups excluding carboxylic acids is 1. The Morgan fingerprint density at radius 1 is 1.09 bits per heavy atom. The van der Waals surface area contributed by atoms with Crippen molar-refractivity contribution in [3.05, 3.63) is 48.4 Å². The van der Waals surface area contributed by atoms with Gasteiger partial charge in [0.05, 0.1) is 6.20 Å². The van der Waals surface area contributed by atoms with E-state index in [9.17, 15) is 4.79 Å².